The Morgan fingerprint density at radius 2 is 1.84 bits per heavy atom. The summed E-state index contributed by atoms with van der Waals surface area (Å²) >= 11 is 0. The second-order valence-electron chi connectivity index (χ2n) is 8.66. The third kappa shape index (κ3) is 3.74. The quantitative estimate of drug-likeness (QED) is 0.677. The van der Waals surface area contributed by atoms with E-state index in [1.165, 1.54) is 16.6 Å². The lowest BCUT2D eigenvalue weighted by Gasteiger charge is -2.21. The molecule has 1 aromatic heterocycles. The van der Waals surface area contributed by atoms with Gasteiger partial charge in [0.2, 0.25) is 10.0 Å². The maximum absolute atomic E-state index is 14.6. The van der Waals surface area contributed by atoms with Gasteiger partial charge in [0.05, 0.1) is 11.8 Å². The molecule has 2 atom stereocenters. The summed E-state index contributed by atoms with van der Waals surface area (Å²) in [6.45, 7) is 1.77. The number of nitrogens with zero attached hydrogens (tertiary/aromatic N) is 2. The molecule has 2 saturated heterocycles. The highest BCUT2D eigenvalue weighted by Gasteiger charge is 2.44. The minimum Gasteiger partial charge on any atom is -0.361 e. The SMILES string of the molecule is CS(=O)(=O)N1CC2CN(C(=O)c3cc(Cc4cccc5[nH]ccc45)ccc3F)CC2C1. The molecular weight excluding hydrogens is 417 g/mol. The molecule has 0 bridgehead atoms. The van der Waals surface area contributed by atoms with E-state index in [0.29, 0.717) is 32.6 Å². The Hall–Kier alpha value is -2.71. The molecule has 2 fully saturated rings. The van der Waals surface area contributed by atoms with Crippen LogP contribution in [-0.4, -0.2) is 60.9 Å². The van der Waals surface area contributed by atoms with Gasteiger partial charge in [-0.05, 0) is 53.6 Å². The van der Waals surface area contributed by atoms with Crippen molar-refractivity contribution in [2.45, 2.75) is 6.42 Å². The zero-order valence-electron chi connectivity index (χ0n) is 17.2. The van der Waals surface area contributed by atoms with Crippen molar-refractivity contribution in [2.75, 3.05) is 32.4 Å². The highest BCUT2D eigenvalue weighted by Crippen LogP contribution is 2.33. The van der Waals surface area contributed by atoms with Crippen LogP contribution in [0, 0.1) is 17.7 Å². The van der Waals surface area contributed by atoms with E-state index in [9.17, 15) is 17.6 Å². The van der Waals surface area contributed by atoms with E-state index in [1.807, 2.05) is 30.5 Å². The summed E-state index contributed by atoms with van der Waals surface area (Å²) < 4.78 is 39.6. The fourth-order valence-electron chi connectivity index (χ4n) is 4.93. The molecule has 5 rings (SSSR count). The minimum absolute atomic E-state index is 0.0821. The molecule has 2 aliphatic heterocycles. The monoisotopic (exact) mass is 441 g/mol. The molecule has 2 aliphatic rings. The minimum atomic E-state index is -3.22. The zero-order valence-corrected chi connectivity index (χ0v) is 18.0. The number of nitrogens with one attached hydrogen (secondary N) is 1. The van der Waals surface area contributed by atoms with Crippen molar-refractivity contribution in [3.8, 4) is 0 Å². The van der Waals surface area contributed by atoms with Gasteiger partial charge in [0.25, 0.3) is 5.91 Å². The lowest BCUT2D eigenvalue weighted by Crippen LogP contribution is -2.35. The maximum atomic E-state index is 14.6. The summed E-state index contributed by atoms with van der Waals surface area (Å²) in [6.07, 6.45) is 3.71. The average molecular weight is 442 g/mol. The Morgan fingerprint density at radius 3 is 2.55 bits per heavy atom. The average Bonchev–Trinajstić information content (AvgIpc) is 3.43. The molecule has 2 unspecified atom stereocenters. The first-order valence-corrected chi connectivity index (χ1v) is 12.2. The Kier molecular flexibility index (Phi) is 4.86. The topological polar surface area (TPSA) is 73.5 Å². The summed E-state index contributed by atoms with van der Waals surface area (Å²) in [5, 5.41) is 1.11. The molecule has 3 heterocycles. The molecule has 0 saturated carbocycles. The lowest BCUT2D eigenvalue weighted by atomic mass is 9.99. The second kappa shape index (κ2) is 7.46. The van der Waals surface area contributed by atoms with Crippen LogP contribution in [0.4, 0.5) is 4.39 Å². The van der Waals surface area contributed by atoms with Crippen LogP contribution in [0.5, 0.6) is 0 Å². The largest absolute Gasteiger partial charge is 0.361 e. The van der Waals surface area contributed by atoms with Crippen LogP contribution in [0.15, 0.2) is 48.7 Å². The third-order valence-electron chi connectivity index (χ3n) is 6.55. The standard InChI is InChI=1S/C23H24FN3O3S/c1-31(29,30)27-13-17-11-26(12-18(17)14-27)23(28)20-10-15(5-6-21(20)24)9-16-3-2-4-22-19(16)7-8-25-22/h2-8,10,17-18,25H,9,11-14H2,1H3. The van der Waals surface area contributed by atoms with Crippen molar-refractivity contribution in [3.63, 3.8) is 0 Å². The number of hydrogen-bond donors (Lipinski definition) is 1. The molecule has 162 valence electrons. The van der Waals surface area contributed by atoms with Gasteiger partial charge < -0.3 is 9.88 Å². The van der Waals surface area contributed by atoms with Crippen molar-refractivity contribution in [1.82, 2.24) is 14.2 Å². The molecule has 0 spiro atoms. The number of hydrogen-bond acceptors (Lipinski definition) is 3. The number of fused-ring (bicyclic) bond motifs is 2. The van der Waals surface area contributed by atoms with Gasteiger partial charge >= 0.3 is 0 Å². The molecular formula is C23H24FN3O3S. The lowest BCUT2D eigenvalue weighted by molar-refractivity contribution is 0.0774. The van der Waals surface area contributed by atoms with Crippen LogP contribution in [0.1, 0.15) is 21.5 Å². The van der Waals surface area contributed by atoms with Gasteiger partial charge in [-0.15, -0.1) is 0 Å². The number of carbonyl (C=O) groups is 1. The van der Waals surface area contributed by atoms with E-state index in [-0.39, 0.29) is 23.3 Å². The number of H-pyrrole nitrogens is 1. The predicted molar refractivity (Wildman–Crippen MR) is 117 cm³/mol. The molecule has 1 amide bonds. The zero-order chi connectivity index (χ0) is 21.8. The van der Waals surface area contributed by atoms with Crippen LogP contribution < -0.4 is 0 Å². The van der Waals surface area contributed by atoms with E-state index in [0.717, 1.165) is 22.0 Å². The van der Waals surface area contributed by atoms with E-state index >= 15 is 0 Å². The van der Waals surface area contributed by atoms with Crippen LogP contribution in [0.25, 0.3) is 10.9 Å². The number of carbonyl (C=O) groups excluding carboxylic acids is 1. The molecule has 6 nitrogen and oxygen atoms in total. The molecule has 2 aromatic carbocycles. The van der Waals surface area contributed by atoms with Gasteiger partial charge in [-0.3, -0.25) is 4.79 Å². The molecule has 0 aliphatic carbocycles. The smallest absolute Gasteiger partial charge is 0.256 e. The highest BCUT2D eigenvalue weighted by molar-refractivity contribution is 7.88. The molecule has 0 radical (unpaired) electrons. The highest BCUT2D eigenvalue weighted by atomic mass is 32.2. The number of benzene rings is 2. The number of rotatable bonds is 4. The summed E-state index contributed by atoms with van der Waals surface area (Å²) in [5.74, 6) is -0.629. The predicted octanol–water partition coefficient (Wildman–Crippen LogP) is 2.86. The summed E-state index contributed by atoms with van der Waals surface area (Å²) in [5.41, 5.74) is 3.11. The van der Waals surface area contributed by atoms with Crippen LogP contribution in [-0.2, 0) is 16.4 Å². The van der Waals surface area contributed by atoms with Crippen LogP contribution in [0.3, 0.4) is 0 Å². The van der Waals surface area contributed by atoms with E-state index in [2.05, 4.69) is 4.98 Å². The van der Waals surface area contributed by atoms with E-state index < -0.39 is 15.8 Å². The first-order chi connectivity index (χ1) is 14.8. The molecule has 31 heavy (non-hydrogen) atoms. The summed E-state index contributed by atoms with van der Waals surface area (Å²) in [4.78, 5) is 18.0. The summed E-state index contributed by atoms with van der Waals surface area (Å²) in [7, 11) is -3.22. The Labute approximate surface area is 180 Å². The fourth-order valence-corrected chi connectivity index (χ4v) is 5.85. The Bertz CT molecular complexity index is 1260. The molecule has 3 aromatic rings. The first-order valence-electron chi connectivity index (χ1n) is 10.4. The number of likely N-dealkylation sites (tertiary alicyclic amines) is 1. The molecule has 1 N–H and O–H groups in total. The maximum Gasteiger partial charge on any atom is 0.256 e. The van der Waals surface area contributed by atoms with Gasteiger partial charge in [-0.1, -0.05) is 18.2 Å². The van der Waals surface area contributed by atoms with Crippen LogP contribution in [0.2, 0.25) is 0 Å². The third-order valence-corrected chi connectivity index (χ3v) is 7.79. The van der Waals surface area contributed by atoms with Gasteiger partial charge in [0.15, 0.2) is 0 Å². The Balaban J connectivity index is 1.34. The number of sulfonamides is 1. The van der Waals surface area contributed by atoms with Crippen molar-refractivity contribution < 1.29 is 17.6 Å². The second-order valence-corrected chi connectivity index (χ2v) is 10.6. The summed E-state index contributed by atoms with van der Waals surface area (Å²) in [6, 6.07) is 12.8. The van der Waals surface area contributed by atoms with Crippen molar-refractivity contribution in [2.24, 2.45) is 11.8 Å². The van der Waals surface area contributed by atoms with Crippen molar-refractivity contribution in [1.29, 1.82) is 0 Å². The van der Waals surface area contributed by atoms with Gasteiger partial charge in [0.1, 0.15) is 5.82 Å². The van der Waals surface area contributed by atoms with Gasteiger partial charge in [-0.2, -0.15) is 0 Å². The number of aromatic nitrogens is 1. The van der Waals surface area contributed by atoms with Crippen LogP contribution >= 0.6 is 0 Å². The van der Waals surface area contributed by atoms with E-state index in [1.54, 1.807) is 17.0 Å². The number of halogens is 1. The first kappa shape index (κ1) is 20.2. The Morgan fingerprint density at radius 1 is 1.10 bits per heavy atom. The number of aromatic amines is 1. The fraction of sp³-hybridized carbons (Fsp3) is 0.348. The van der Waals surface area contributed by atoms with Gasteiger partial charge in [0, 0.05) is 43.3 Å². The van der Waals surface area contributed by atoms with E-state index in [4.69, 9.17) is 0 Å². The van der Waals surface area contributed by atoms with Gasteiger partial charge in [-0.25, -0.2) is 17.1 Å². The number of amides is 1. The van der Waals surface area contributed by atoms with Crippen molar-refractivity contribution in [3.05, 3.63) is 71.2 Å². The normalized spacial score (nSPS) is 21.7. The molecule has 8 heteroatoms. The van der Waals surface area contributed by atoms with Crippen molar-refractivity contribution >= 4 is 26.8 Å².